The molecule has 0 aliphatic heterocycles. The SMILES string of the molecule is CC(O)CCNC(C1CC1)C1CC1. The highest BCUT2D eigenvalue weighted by Crippen LogP contribution is 2.44. The summed E-state index contributed by atoms with van der Waals surface area (Å²) in [6, 6.07) is 0.791. The molecule has 2 aliphatic rings. The van der Waals surface area contributed by atoms with Gasteiger partial charge in [-0.2, -0.15) is 0 Å². The zero-order valence-corrected chi connectivity index (χ0v) is 8.50. The average molecular weight is 183 g/mol. The Morgan fingerprint density at radius 1 is 1.23 bits per heavy atom. The second-order valence-corrected chi connectivity index (χ2v) is 4.79. The highest BCUT2D eigenvalue weighted by atomic mass is 16.3. The Bertz CT molecular complexity index is 149. The van der Waals surface area contributed by atoms with Gasteiger partial charge in [0.1, 0.15) is 0 Å². The predicted molar refractivity (Wildman–Crippen MR) is 53.5 cm³/mol. The largest absolute Gasteiger partial charge is 0.393 e. The third-order valence-electron chi connectivity index (χ3n) is 3.20. The van der Waals surface area contributed by atoms with Crippen LogP contribution in [0.15, 0.2) is 0 Å². The minimum Gasteiger partial charge on any atom is -0.393 e. The first kappa shape index (κ1) is 9.47. The highest BCUT2D eigenvalue weighted by Gasteiger charge is 2.40. The lowest BCUT2D eigenvalue weighted by Crippen LogP contribution is -2.34. The van der Waals surface area contributed by atoms with E-state index in [0.29, 0.717) is 0 Å². The van der Waals surface area contributed by atoms with Crippen molar-refractivity contribution in [2.75, 3.05) is 6.54 Å². The lowest BCUT2D eigenvalue weighted by molar-refractivity contribution is 0.181. The van der Waals surface area contributed by atoms with E-state index in [2.05, 4.69) is 5.32 Å². The molecule has 1 unspecified atom stereocenters. The van der Waals surface area contributed by atoms with Crippen molar-refractivity contribution >= 4 is 0 Å². The van der Waals surface area contributed by atoms with Gasteiger partial charge in [0, 0.05) is 6.04 Å². The van der Waals surface area contributed by atoms with E-state index in [9.17, 15) is 0 Å². The molecule has 76 valence electrons. The fraction of sp³-hybridized carbons (Fsp3) is 1.00. The van der Waals surface area contributed by atoms with Crippen LogP contribution in [0, 0.1) is 11.8 Å². The van der Waals surface area contributed by atoms with Crippen molar-refractivity contribution < 1.29 is 5.11 Å². The molecule has 2 heteroatoms. The van der Waals surface area contributed by atoms with Crippen molar-refractivity contribution in [3.8, 4) is 0 Å². The summed E-state index contributed by atoms with van der Waals surface area (Å²) in [6.07, 6.45) is 6.49. The molecular weight excluding hydrogens is 162 g/mol. The van der Waals surface area contributed by atoms with E-state index < -0.39 is 0 Å². The van der Waals surface area contributed by atoms with Gasteiger partial charge in [0.05, 0.1) is 6.10 Å². The molecule has 1 atom stereocenters. The van der Waals surface area contributed by atoms with Crippen LogP contribution in [0.5, 0.6) is 0 Å². The summed E-state index contributed by atoms with van der Waals surface area (Å²) in [7, 11) is 0. The monoisotopic (exact) mass is 183 g/mol. The maximum absolute atomic E-state index is 9.13. The summed E-state index contributed by atoms with van der Waals surface area (Å²) < 4.78 is 0. The number of aliphatic hydroxyl groups excluding tert-OH is 1. The van der Waals surface area contributed by atoms with Crippen molar-refractivity contribution in [2.45, 2.75) is 51.2 Å². The Morgan fingerprint density at radius 2 is 1.77 bits per heavy atom. The molecule has 0 spiro atoms. The molecule has 0 radical (unpaired) electrons. The Kier molecular flexibility index (Phi) is 2.89. The van der Waals surface area contributed by atoms with Gasteiger partial charge in [-0.05, 0) is 57.4 Å². The Morgan fingerprint density at radius 3 is 2.15 bits per heavy atom. The topological polar surface area (TPSA) is 32.3 Å². The van der Waals surface area contributed by atoms with E-state index in [0.717, 1.165) is 30.8 Å². The van der Waals surface area contributed by atoms with Crippen molar-refractivity contribution in [1.29, 1.82) is 0 Å². The first-order chi connectivity index (χ1) is 6.27. The minimum absolute atomic E-state index is 0.147. The smallest absolute Gasteiger partial charge is 0.0524 e. The Hall–Kier alpha value is -0.0800. The van der Waals surface area contributed by atoms with E-state index >= 15 is 0 Å². The van der Waals surface area contributed by atoms with Crippen LogP contribution in [0.3, 0.4) is 0 Å². The molecule has 2 fully saturated rings. The first-order valence-electron chi connectivity index (χ1n) is 5.69. The van der Waals surface area contributed by atoms with Crippen LogP contribution in [0.4, 0.5) is 0 Å². The Labute approximate surface area is 80.7 Å². The second kappa shape index (κ2) is 3.97. The molecule has 2 aliphatic carbocycles. The van der Waals surface area contributed by atoms with Gasteiger partial charge in [0.2, 0.25) is 0 Å². The lowest BCUT2D eigenvalue weighted by Gasteiger charge is -2.17. The van der Waals surface area contributed by atoms with Crippen molar-refractivity contribution in [2.24, 2.45) is 11.8 Å². The first-order valence-corrected chi connectivity index (χ1v) is 5.69. The van der Waals surface area contributed by atoms with Gasteiger partial charge in [0.15, 0.2) is 0 Å². The summed E-state index contributed by atoms with van der Waals surface area (Å²) in [5.74, 6) is 1.95. The molecule has 0 aromatic carbocycles. The molecule has 2 nitrogen and oxygen atoms in total. The van der Waals surface area contributed by atoms with Crippen LogP contribution < -0.4 is 5.32 Å². The molecule has 0 saturated heterocycles. The summed E-state index contributed by atoms with van der Waals surface area (Å²) in [6.45, 7) is 2.86. The highest BCUT2D eigenvalue weighted by molar-refractivity contribution is 4.96. The van der Waals surface area contributed by atoms with Crippen molar-refractivity contribution in [3.63, 3.8) is 0 Å². The maximum Gasteiger partial charge on any atom is 0.0524 e. The van der Waals surface area contributed by atoms with E-state index in [1.807, 2.05) is 6.92 Å². The van der Waals surface area contributed by atoms with E-state index in [1.165, 1.54) is 25.7 Å². The van der Waals surface area contributed by atoms with Crippen LogP contribution in [-0.4, -0.2) is 23.8 Å². The molecule has 2 N–H and O–H groups in total. The third-order valence-corrected chi connectivity index (χ3v) is 3.20. The molecule has 13 heavy (non-hydrogen) atoms. The second-order valence-electron chi connectivity index (χ2n) is 4.79. The van der Waals surface area contributed by atoms with Gasteiger partial charge in [-0.25, -0.2) is 0 Å². The summed E-state index contributed by atoms with van der Waals surface area (Å²) in [5.41, 5.74) is 0. The van der Waals surface area contributed by atoms with Crippen molar-refractivity contribution in [3.05, 3.63) is 0 Å². The van der Waals surface area contributed by atoms with Crippen LogP contribution in [0.2, 0.25) is 0 Å². The van der Waals surface area contributed by atoms with Crippen LogP contribution >= 0.6 is 0 Å². The van der Waals surface area contributed by atoms with Crippen LogP contribution in [0.1, 0.15) is 39.0 Å². The Balaban J connectivity index is 1.64. The van der Waals surface area contributed by atoms with Crippen molar-refractivity contribution in [1.82, 2.24) is 5.32 Å². The quantitative estimate of drug-likeness (QED) is 0.654. The number of nitrogens with one attached hydrogen (secondary N) is 1. The van der Waals surface area contributed by atoms with E-state index in [1.54, 1.807) is 0 Å². The molecule has 0 amide bonds. The predicted octanol–water partition coefficient (Wildman–Crippen LogP) is 1.54. The normalized spacial score (nSPS) is 25.2. The minimum atomic E-state index is -0.147. The number of aliphatic hydroxyl groups is 1. The van der Waals surface area contributed by atoms with E-state index in [4.69, 9.17) is 5.11 Å². The molecule has 2 rings (SSSR count). The number of rotatable bonds is 6. The molecular formula is C11H21NO. The van der Waals surface area contributed by atoms with Gasteiger partial charge >= 0.3 is 0 Å². The number of hydrogen-bond donors (Lipinski definition) is 2. The molecule has 0 aromatic rings. The van der Waals surface area contributed by atoms with Gasteiger partial charge < -0.3 is 10.4 Å². The fourth-order valence-corrected chi connectivity index (χ4v) is 2.09. The fourth-order valence-electron chi connectivity index (χ4n) is 2.09. The molecule has 0 bridgehead atoms. The van der Waals surface area contributed by atoms with Gasteiger partial charge in [-0.3, -0.25) is 0 Å². The molecule has 2 saturated carbocycles. The third kappa shape index (κ3) is 2.96. The zero-order valence-electron chi connectivity index (χ0n) is 8.50. The average Bonchev–Trinajstić information content (AvgIpc) is 2.89. The van der Waals surface area contributed by atoms with Gasteiger partial charge in [0.25, 0.3) is 0 Å². The van der Waals surface area contributed by atoms with E-state index in [-0.39, 0.29) is 6.10 Å². The standard InChI is InChI=1S/C11H21NO/c1-8(13)6-7-12-11(9-2-3-9)10-4-5-10/h8-13H,2-7H2,1H3. The van der Waals surface area contributed by atoms with Crippen LogP contribution in [-0.2, 0) is 0 Å². The summed E-state index contributed by atoms with van der Waals surface area (Å²) in [5, 5.41) is 12.7. The summed E-state index contributed by atoms with van der Waals surface area (Å²) >= 11 is 0. The molecule has 0 heterocycles. The van der Waals surface area contributed by atoms with Crippen LogP contribution in [0.25, 0.3) is 0 Å². The zero-order chi connectivity index (χ0) is 9.26. The lowest BCUT2D eigenvalue weighted by atomic mass is 10.1. The van der Waals surface area contributed by atoms with Gasteiger partial charge in [-0.15, -0.1) is 0 Å². The maximum atomic E-state index is 9.13. The van der Waals surface area contributed by atoms with Gasteiger partial charge in [-0.1, -0.05) is 0 Å². The molecule has 0 aromatic heterocycles. The number of hydrogen-bond acceptors (Lipinski definition) is 2. The summed E-state index contributed by atoms with van der Waals surface area (Å²) in [4.78, 5) is 0.